The van der Waals surface area contributed by atoms with E-state index in [1.54, 1.807) is 4.90 Å². The predicted molar refractivity (Wildman–Crippen MR) is 116 cm³/mol. The van der Waals surface area contributed by atoms with Gasteiger partial charge < -0.3 is 20.3 Å². The number of para-hydroxylation sites is 1. The van der Waals surface area contributed by atoms with Gasteiger partial charge in [-0.2, -0.15) is 0 Å². The quantitative estimate of drug-likeness (QED) is 0.673. The second kappa shape index (κ2) is 7.31. The number of hydrogen-bond acceptors (Lipinski definition) is 5. The van der Waals surface area contributed by atoms with Crippen molar-refractivity contribution >= 4 is 28.5 Å². The molecule has 3 aromatic rings. The zero-order chi connectivity index (χ0) is 20.6. The molecule has 0 radical (unpaired) electrons. The van der Waals surface area contributed by atoms with Gasteiger partial charge in [0, 0.05) is 37.3 Å². The van der Waals surface area contributed by atoms with Crippen LogP contribution in [0.4, 0.5) is 16.3 Å². The first-order chi connectivity index (χ1) is 13.8. The van der Waals surface area contributed by atoms with Gasteiger partial charge in [0.15, 0.2) is 5.82 Å². The third kappa shape index (κ3) is 3.99. The van der Waals surface area contributed by atoms with Crippen molar-refractivity contribution in [1.82, 2.24) is 14.7 Å². The lowest BCUT2D eigenvalue weighted by Gasteiger charge is -2.35. The number of fused-ring (bicyclic) bond motifs is 1. The van der Waals surface area contributed by atoms with E-state index in [0.29, 0.717) is 26.2 Å². The molecule has 2 aromatic carbocycles. The predicted octanol–water partition coefficient (Wildman–Crippen LogP) is 3.66. The fraction of sp³-hybridized carbons (Fsp3) is 0.364. The molecule has 1 fully saturated rings. The van der Waals surface area contributed by atoms with Crippen LogP contribution in [0.25, 0.3) is 16.6 Å². The average Bonchev–Trinajstić information content (AvgIpc) is 3.07. The highest BCUT2D eigenvalue weighted by Crippen LogP contribution is 2.29. The molecule has 152 valence electrons. The summed E-state index contributed by atoms with van der Waals surface area (Å²) in [5.74, 6) is 0.932. The van der Waals surface area contributed by atoms with Crippen LogP contribution in [-0.2, 0) is 4.74 Å². The summed E-state index contributed by atoms with van der Waals surface area (Å²) in [5, 5.41) is 6.00. The van der Waals surface area contributed by atoms with E-state index in [2.05, 4.69) is 17.0 Å². The third-order valence-corrected chi connectivity index (χ3v) is 4.94. The number of hydrogen-bond donors (Lipinski definition) is 1. The van der Waals surface area contributed by atoms with Crippen LogP contribution in [0.1, 0.15) is 20.8 Å². The summed E-state index contributed by atoms with van der Waals surface area (Å²) in [5.41, 5.74) is 8.09. The second-order valence-corrected chi connectivity index (χ2v) is 8.30. The van der Waals surface area contributed by atoms with Crippen molar-refractivity contribution in [1.29, 1.82) is 0 Å². The van der Waals surface area contributed by atoms with Crippen LogP contribution in [0.2, 0.25) is 0 Å². The lowest BCUT2D eigenvalue weighted by Crippen LogP contribution is -2.50. The van der Waals surface area contributed by atoms with Crippen LogP contribution >= 0.6 is 0 Å². The van der Waals surface area contributed by atoms with Gasteiger partial charge in [-0.05, 0) is 57.2 Å². The van der Waals surface area contributed by atoms with E-state index < -0.39 is 5.60 Å². The highest BCUT2D eigenvalue weighted by Gasteiger charge is 2.27. The minimum atomic E-state index is -0.484. The van der Waals surface area contributed by atoms with Crippen molar-refractivity contribution in [2.45, 2.75) is 26.4 Å². The Labute approximate surface area is 170 Å². The van der Waals surface area contributed by atoms with Gasteiger partial charge in [0.1, 0.15) is 5.60 Å². The number of aromatic nitrogens is 2. The summed E-state index contributed by atoms with van der Waals surface area (Å²) in [6.07, 6.45) is -0.255. The fourth-order valence-corrected chi connectivity index (χ4v) is 3.52. The van der Waals surface area contributed by atoms with Crippen molar-refractivity contribution in [2.24, 2.45) is 0 Å². The van der Waals surface area contributed by atoms with Crippen LogP contribution in [0, 0.1) is 0 Å². The maximum atomic E-state index is 12.3. The van der Waals surface area contributed by atoms with E-state index in [-0.39, 0.29) is 6.09 Å². The Bertz CT molecular complexity index is 1010. The van der Waals surface area contributed by atoms with Gasteiger partial charge in [0.2, 0.25) is 0 Å². The standard InChI is InChI=1S/C22H27N5O2/c1-22(2,3)29-21(28)26-14-12-25(13-15-26)20-18-6-4-5-7-19(18)27(24-20)17-10-8-16(23)9-11-17/h4-11H,12-15,23H2,1-3H3. The Kier molecular flexibility index (Phi) is 4.82. The Balaban J connectivity index is 1.58. The van der Waals surface area contributed by atoms with Gasteiger partial charge in [-0.15, -0.1) is 5.10 Å². The van der Waals surface area contributed by atoms with Crippen LogP contribution in [0.3, 0.4) is 0 Å². The topological polar surface area (TPSA) is 76.6 Å². The minimum Gasteiger partial charge on any atom is -0.444 e. The SMILES string of the molecule is CC(C)(C)OC(=O)N1CCN(c2nn(-c3ccc(N)cc3)c3ccccc23)CC1. The maximum absolute atomic E-state index is 12.3. The number of nitrogens with zero attached hydrogens (tertiary/aromatic N) is 4. The highest BCUT2D eigenvalue weighted by atomic mass is 16.6. The van der Waals surface area contributed by atoms with Crippen molar-refractivity contribution in [3.8, 4) is 5.69 Å². The molecule has 1 amide bonds. The van der Waals surface area contributed by atoms with Gasteiger partial charge in [0.25, 0.3) is 0 Å². The third-order valence-electron chi connectivity index (χ3n) is 4.94. The van der Waals surface area contributed by atoms with Crippen LogP contribution in [-0.4, -0.2) is 52.6 Å². The Morgan fingerprint density at radius 3 is 2.31 bits per heavy atom. The number of anilines is 2. The largest absolute Gasteiger partial charge is 0.444 e. The molecule has 0 unspecified atom stereocenters. The van der Waals surface area contributed by atoms with E-state index >= 15 is 0 Å². The zero-order valence-electron chi connectivity index (χ0n) is 17.1. The van der Waals surface area contributed by atoms with Gasteiger partial charge >= 0.3 is 6.09 Å². The summed E-state index contributed by atoms with van der Waals surface area (Å²) < 4.78 is 7.45. The monoisotopic (exact) mass is 393 g/mol. The lowest BCUT2D eigenvalue weighted by molar-refractivity contribution is 0.0240. The van der Waals surface area contributed by atoms with Gasteiger partial charge in [-0.3, -0.25) is 0 Å². The molecular formula is C22H27N5O2. The first kappa shape index (κ1) is 19.1. The lowest BCUT2D eigenvalue weighted by atomic mass is 10.2. The second-order valence-electron chi connectivity index (χ2n) is 8.30. The van der Waals surface area contributed by atoms with E-state index in [0.717, 1.165) is 28.1 Å². The van der Waals surface area contributed by atoms with Crippen molar-refractivity contribution in [3.05, 3.63) is 48.5 Å². The molecule has 0 saturated carbocycles. The molecule has 4 rings (SSSR count). The molecule has 2 N–H and O–H groups in total. The molecular weight excluding hydrogens is 366 g/mol. The van der Waals surface area contributed by atoms with E-state index in [1.807, 2.05) is 61.9 Å². The number of amides is 1. The first-order valence-electron chi connectivity index (χ1n) is 9.88. The van der Waals surface area contributed by atoms with E-state index in [1.165, 1.54) is 0 Å². The van der Waals surface area contributed by atoms with Crippen molar-refractivity contribution in [2.75, 3.05) is 36.8 Å². The number of nitrogen functional groups attached to an aromatic ring is 1. The first-order valence-corrected chi connectivity index (χ1v) is 9.88. The molecule has 7 heteroatoms. The molecule has 29 heavy (non-hydrogen) atoms. The summed E-state index contributed by atoms with van der Waals surface area (Å²) in [4.78, 5) is 16.3. The van der Waals surface area contributed by atoms with Crippen LogP contribution in [0.5, 0.6) is 0 Å². The molecule has 2 heterocycles. The molecule has 0 aliphatic carbocycles. The molecule has 1 saturated heterocycles. The fourth-order valence-electron chi connectivity index (χ4n) is 3.52. The number of carbonyl (C=O) groups is 1. The Morgan fingerprint density at radius 1 is 1.00 bits per heavy atom. The number of carbonyl (C=O) groups excluding carboxylic acids is 1. The van der Waals surface area contributed by atoms with Gasteiger partial charge in [-0.25, -0.2) is 9.48 Å². The molecule has 0 atom stereocenters. The molecule has 0 bridgehead atoms. The number of rotatable bonds is 2. The number of nitrogens with two attached hydrogens (primary N) is 1. The Morgan fingerprint density at radius 2 is 1.66 bits per heavy atom. The smallest absolute Gasteiger partial charge is 0.410 e. The maximum Gasteiger partial charge on any atom is 0.410 e. The van der Waals surface area contributed by atoms with Crippen molar-refractivity contribution in [3.63, 3.8) is 0 Å². The molecule has 0 spiro atoms. The van der Waals surface area contributed by atoms with Gasteiger partial charge in [-0.1, -0.05) is 12.1 Å². The average molecular weight is 393 g/mol. The van der Waals surface area contributed by atoms with Crippen molar-refractivity contribution < 1.29 is 9.53 Å². The van der Waals surface area contributed by atoms with E-state index in [4.69, 9.17) is 15.6 Å². The normalized spacial score (nSPS) is 15.0. The number of piperazine rings is 1. The summed E-state index contributed by atoms with van der Waals surface area (Å²) in [6.45, 7) is 8.30. The van der Waals surface area contributed by atoms with Gasteiger partial charge in [0.05, 0.1) is 11.2 Å². The summed E-state index contributed by atoms with van der Waals surface area (Å²) in [7, 11) is 0. The van der Waals surface area contributed by atoms with E-state index in [9.17, 15) is 4.79 Å². The molecule has 1 aliphatic rings. The Hall–Kier alpha value is -3.22. The highest BCUT2D eigenvalue weighted by molar-refractivity contribution is 5.92. The summed E-state index contributed by atoms with van der Waals surface area (Å²) >= 11 is 0. The number of benzene rings is 2. The minimum absolute atomic E-state index is 0.255. The summed E-state index contributed by atoms with van der Waals surface area (Å²) in [6, 6.07) is 15.9. The van der Waals surface area contributed by atoms with Crippen LogP contribution in [0.15, 0.2) is 48.5 Å². The molecule has 1 aromatic heterocycles. The zero-order valence-corrected chi connectivity index (χ0v) is 17.1. The molecule has 1 aliphatic heterocycles. The van der Waals surface area contributed by atoms with Crippen LogP contribution < -0.4 is 10.6 Å². The molecule has 7 nitrogen and oxygen atoms in total. The number of ether oxygens (including phenoxy) is 1.